The molecule has 1 aromatic rings. The number of halogens is 1. The quantitative estimate of drug-likeness (QED) is 0.846. The van der Waals surface area contributed by atoms with Gasteiger partial charge >= 0.3 is 0 Å². The van der Waals surface area contributed by atoms with Gasteiger partial charge in [0.05, 0.1) is 12.1 Å². The average molecular weight is 343 g/mol. The maximum atomic E-state index is 12.4. The molecular weight excluding hydrogens is 320 g/mol. The lowest BCUT2D eigenvalue weighted by Gasteiger charge is -2.29. The van der Waals surface area contributed by atoms with Crippen LogP contribution in [0.5, 0.6) is 11.5 Å². The van der Waals surface area contributed by atoms with Gasteiger partial charge in [-0.05, 0) is 37.6 Å². The molecule has 0 aromatic heterocycles. The van der Waals surface area contributed by atoms with E-state index in [2.05, 4.69) is 10.6 Å². The summed E-state index contributed by atoms with van der Waals surface area (Å²) in [5, 5.41) is 6.44. The number of ether oxygens (including phenoxy) is 3. The first-order chi connectivity index (χ1) is 10.7. The van der Waals surface area contributed by atoms with E-state index in [1.807, 2.05) is 0 Å². The van der Waals surface area contributed by atoms with E-state index in [-0.39, 0.29) is 23.9 Å². The van der Waals surface area contributed by atoms with Crippen molar-refractivity contribution in [1.29, 1.82) is 0 Å². The van der Waals surface area contributed by atoms with Crippen LogP contribution in [0.4, 0.5) is 0 Å². The number of fused-ring (bicyclic) bond motifs is 1. The van der Waals surface area contributed by atoms with Crippen molar-refractivity contribution >= 4 is 18.3 Å². The molecule has 2 heterocycles. The number of carbonyl (C=O) groups excluding carboxylic acids is 1. The van der Waals surface area contributed by atoms with Gasteiger partial charge < -0.3 is 24.8 Å². The van der Waals surface area contributed by atoms with Gasteiger partial charge in [0.1, 0.15) is 13.2 Å². The first-order valence-electron chi connectivity index (χ1n) is 7.64. The summed E-state index contributed by atoms with van der Waals surface area (Å²) in [5.41, 5.74) is 0.424. The second-order valence-electron chi connectivity index (χ2n) is 5.78. The zero-order chi connectivity index (χ0) is 15.4. The third kappa shape index (κ3) is 4.07. The summed E-state index contributed by atoms with van der Waals surface area (Å²) >= 11 is 0. The Labute approximate surface area is 142 Å². The van der Waals surface area contributed by atoms with Gasteiger partial charge in [-0.1, -0.05) is 0 Å². The average Bonchev–Trinajstić information content (AvgIpc) is 3.01. The van der Waals surface area contributed by atoms with Gasteiger partial charge in [0.25, 0.3) is 5.91 Å². The maximum Gasteiger partial charge on any atom is 0.251 e. The van der Waals surface area contributed by atoms with E-state index in [4.69, 9.17) is 14.2 Å². The van der Waals surface area contributed by atoms with Crippen LogP contribution in [-0.4, -0.2) is 51.5 Å². The number of benzene rings is 1. The summed E-state index contributed by atoms with van der Waals surface area (Å²) in [4.78, 5) is 12.4. The van der Waals surface area contributed by atoms with Crippen molar-refractivity contribution in [2.75, 3.05) is 40.0 Å². The first kappa shape index (κ1) is 17.8. The molecule has 2 aliphatic rings. The molecular formula is C16H23ClN2O4. The van der Waals surface area contributed by atoms with Crippen LogP contribution in [0.1, 0.15) is 23.2 Å². The Morgan fingerprint density at radius 1 is 1.35 bits per heavy atom. The molecule has 2 N–H and O–H groups in total. The Morgan fingerprint density at radius 3 is 2.83 bits per heavy atom. The molecule has 1 saturated heterocycles. The zero-order valence-electron chi connectivity index (χ0n) is 13.2. The van der Waals surface area contributed by atoms with E-state index in [0.29, 0.717) is 43.4 Å². The van der Waals surface area contributed by atoms with Crippen molar-refractivity contribution in [3.05, 3.63) is 23.8 Å². The van der Waals surface area contributed by atoms with E-state index in [1.54, 1.807) is 25.3 Å². The minimum atomic E-state index is -0.155. The topological polar surface area (TPSA) is 68.8 Å². The Hall–Kier alpha value is -1.50. The molecule has 0 aliphatic carbocycles. The fraction of sp³-hybridized carbons (Fsp3) is 0.562. The molecule has 1 amide bonds. The van der Waals surface area contributed by atoms with Gasteiger partial charge in [-0.2, -0.15) is 0 Å². The molecule has 1 aromatic carbocycles. The molecule has 0 saturated carbocycles. The van der Waals surface area contributed by atoms with Crippen molar-refractivity contribution in [2.24, 2.45) is 0 Å². The number of hydrogen-bond donors (Lipinski definition) is 2. The molecule has 3 rings (SSSR count). The molecule has 2 aliphatic heterocycles. The maximum absolute atomic E-state index is 12.4. The lowest BCUT2D eigenvalue weighted by Crippen LogP contribution is -2.53. The van der Waals surface area contributed by atoms with Gasteiger partial charge in [0.15, 0.2) is 11.5 Å². The Bertz CT molecular complexity index is 547. The molecule has 0 spiro atoms. The minimum Gasteiger partial charge on any atom is -0.486 e. The molecule has 1 unspecified atom stereocenters. The molecule has 23 heavy (non-hydrogen) atoms. The standard InChI is InChI=1S/C16H22N2O4.ClH/c1-20-11-16(5-2-6-18-16)10-17-15(19)12-3-4-13-14(9-12)22-8-7-21-13;/h3-4,9,18H,2,5-8,10-11H2,1H3,(H,17,19);1H. The zero-order valence-corrected chi connectivity index (χ0v) is 14.0. The fourth-order valence-electron chi connectivity index (χ4n) is 3.01. The van der Waals surface area contributed by atoms with Crippen LogP contribution >= 0.6 is 12.4 Å². The van der Waals surface area contributed by atoms with Gasteiger partial charge in [0, 0.05) is 19.2 Å². The van der Waals surface area contributed by atoms with Crippen LogP contribution in [0.25, 0.3) is 0 Å². The molecule has 0 bridgehead atoms. The highest BCUT2D eigenvalue weighted by Gasteiger charge is 2.33. The normalized spacial score (nSPS) is 22.3. The summed E-state index contributed by atoms with van der Waals surface area (Å²) in [6, 6.07) is 5.27. The SMILES string of the molecule is COCC1(CNC(=O)c2ccc3c(c2)OCCO3)CCCN1.Cl. The van der Waals surface area contributed by atoms with Crippen LogP contribution in [0.2, 0.25) is 0 Å². The minimum absolute atomic E-state index is 0. The number of rotatable bonds is 5. The van der Waals surface area contributed by atoms with E-state index in [1.165, 1.54) is 0 Å². The summed E-state index contributed by atoms with van der Waals surface area (Å²) in [6.07, 6.45) is 2.10. The monoisotopic (exact) mass is 342 g/mol. The van der Waals surface area contributed by atoms with E-state index in [9.17, 15) is 4.79 Å². The Morgan fingerprint density at radius 2 is 2.13 bits per heavy atom. The molecule has 128 valence electrons. The van der Waals surface area contributed by atoms with Gasteiger partial charge in [-0.25, -0.2) is 0 Å². The largest absolute Gasteiger partial charge is 0.486 e. The summed E-state index contributed by atoms with van der Waals surface area (Å²) in [5.74, 6) is 1.21. The van der Waals surface area contributed by atoms with Crippen LogP contribution in [0.15, 0.2) is 18.2 Å². The number of amides is 1. The smallest absolute Gasteiger partial charge is 0.251 e. The van der Waals surface area contributed by atoms with Crippen molar-refractivity contribution in [2.45, 2.75) is 18.4 Å². The molecule has 0 radical (unpaired) electrons. The molecule has 6 nitrogen and oxygen atoms in total. The highest BCUT2D eigenvalue weighted by molar-refractivity contribution is 5.95. The Balaban J connectivity index is 0.00000192. The van der Waals surface area contributed by atoms with Crippen LogP contribution in [-0.2, 0) is 4.74 Å². The van der Waals surface area contributed by atoms with Gasteiger partial charge in [-0.15, -0.1) is 12.4 Å². The van der Waals surface area contributed by atoms with Crippen molar-refractivity contribution in [1.82, 2.24) is 10.6 Å². The van der Waals surface area contributed by atoms with Crippen molar-refractivity contribution in [3.63, 3.8) is 0 Å². The number of nitrogens with one attached hydrogen (secondary N) is 2. The van der Waals surface area contributed by atoms with Gasteiger partial charge in [0.2, 0.25) is 0 Å². The number of methoxy groups -OCH3 is 1. The summed E-state index contributed by atoms with van der Waals surface area (Å²) < 4.78 is 16.3. The molecule has 7 heteroatoms. The Kier molecular flexibility index (Phi) is 6.10. The molecule has 1 fully saturated rings. The highest BCUT2D eigenvalue weighted by Crippen LogP contribution is 2.30. The van der Waals surface area contributed by atoms with Crippen molar-refractivity contribution in [3.8, 4) is 11.5 Å². The highest BCUT2D eigenvalue weighted by atomic mass is 35.5. The van der Waals surface area contributed by atoms with E-state index >= 15 is 0 Å². The third-order valence-corrected chi connectivity index (χ3v) is 4.14. The first-order valence-corrected chi connectivity index (χ1v) is 7.64. The van der Waals surface area contributed by atoms with Crippen LogP contribution in [0.3, 0.4) is 0 Å². The number of carbonyl (C=O) groups is 1. The third-order valence-electron chi connectivity index (χ3n) is 4.14. The van der Waals surface area contributed by atoms with Gasteiger partial charge in [-0.3, -0.25) is 4.79 Å². The van der Waals surface area contributed by atoms with E-state index in [0.717, 1.165) is 19.4 Å². The summed E-state index contributed by atoms with van der Waals surface area (Å²) in [7, 11) is 1.68. The second kappa shape index (κ2) is 7.86. The predicted octanol–water partition coefficient (Wildman–Crippen LogP) is 1.38. The predicted molar refractivity (Wildman–Crippen MR) is 88.9 cm³/mol. The summed E-state index contributed by atoms with van der Waals surface area (Å²) in [6.45, 7) is 3.16. The molecule has 1 atom stereocenters. The lowest BCUT2D eigenvalue weighted by molar-refractivity contribution is 0.0891. The fourth-order valence-corrected chi connectivity index (χ4v) is 3.01. The van der Waals surface area contributed by atoms with Crippen LogP contribution in [0, 0.1) is 0 Å². The lowest BCUT2D eigenvalue weighted by atomic mass is 9.98. The van der Waals surface area contributed by atoms with E-state index < -0.39 is 0 Å². The van der Waals surface area contributed by atoms with Crippen LogP contribution < -0.4 is 20.1 Å². The second-order valence-corrected chi connectivity index (χ2v) is 5.78. The number of hydrogen-bond acceptors (Lipinski definition) is 5. The van der Waals surface area contributed by atoms with Crippen molar-refractivity contribution < 1.29 is 19.0 Å².